The van der Waals surface area contributed by atoms with Gasteiger partial charge in [0, 0.05) is 37.9 Å². The van der Waals surface area contributed by atoms with Crippen LogP contribution in [0.1, 0.15) is 15.9 Å². The number of phenols is 1. The van der Waals surface area contributed by atoms with E-state index in [9.17, 15) is 19.5 Å². The van der Waals surface area contributed by atoms with Gasteiger partial charge >= 0.3 is 0 Å². The van der Waals surface area contributed by atoms with Crippen LogP contribution >= 0.6 is 27.7 Å². The summed E-state index contributed by atoms with van der Waals surface area (Å²) in [6, 6.07) is 27.3. The maximum absolute atomic E-state index is 13.4. The molecule has 0 fully saturated rings. The van der Waals surface area contributed by atoms with Gasteiger partial charge in [-0.05, 0) is 72.8 Å². The Labute approximate surface area is 250 Å². The number of rotatable bonds is 10. The summed E-state index contributed by atoms with van der Waals surface area (Å²) < 4.78 is 6.25. The van der Waals surface area contributed by atoms with Crippen molar-refractivity contribution in [2.24, 2.45) is 0 Å². The normalized spacial score (nSPS) is 10.9. The summed E-state index contributed by atoms with van der Waals surface area (Å²) in [5.41, 5.74) is 2.00. The lowest BCUT2D eigenvalue weighted by atomic mass is 10.1. The van der Waals surface area contributed by atoms with Crippen LogP contribution in [0.2, 0.25) is 0 Å². The van der Waals surface area contributed by atoms with Crippen LogP contribution in [0, 0.1) is 0 Å². The summed E-state index contributed by atoms with van der Waals surface area (Å²) >= 11 is 4.69. The van der Waals surface area contributed by atoms with Gasteiger partial charge in [-0.15, -0.1) is 11.8 Å². The Balaban J connectivity index is 1.49. The van der Waals surface area contributed by atoms with Gasteiger partial charge in [0.15, 0.2) is 0 Å². The summed E-state index contributed by atoms with van der Waals surface area (Å²) in [5.74, 6) is -0.706. The Morgan fingerprint density at radius 2 is 1.63 bits per heavy atom. The van der Waals surface area contributed by atoms with E-state index in [2.05, 4.69) is 31.9 Å². The third kappa shape index (κ3) is 8.72. The number of nitrogens with one attached hydrogen (secondary N) is 3. The van der Waals surface area contributed by atoms with Crippen molar-refractivity contribution in [1.29, 1.82) is 0 Å². The average Bonchev–Trinajstić information content (AvgIpc) is 2.98. The monoisotopic (exact) mass is 631 g/mol. The molecule has 0 saturated carbocycles. The molecule has 0 atom stereocenters. The molecular weight excluding hydrogens is 606 g/mol. The highest BCUT2D eigenvalue weighted by atomic mass is 79.9. The molecule has 0 saturated heterocycles. The van der Waals surface area contributed by atoms with Gasteiger partial charge in [0.05, 0.1) is 12.9 Å². The number of hydrogen-bond acceptors (Lipinski definition) is 6. The molecule has 41 heavy (non-hydrogen) atoms. The van der Waals surface area contributed by atoms with E-state index in [1.54, 1.807) is 66.7 Å². The van der Waals surface area contributed by atoms with Gasteiger partial charge in [0.1, 0.15) is 17.2 Å². The Morgan fingerprint density at radius 3 is 2.37 bits per heavy atom. The largest absolute Gasteiger partial charge is 0.508 e. The zero-order chi connectivity index (χ0) is 29.2. The smallest absolute Gasteiger partial charge is 0.272 e. The highest BCUT2D eigenvalue weighted by molar-refractivity contribution is 9.10. The van der Waals surface area contributed by atoms with Crippen molar-refractivity contribution in [3.05, 3.63) is 118 Å². The third-order valence-corrected chi connectivity index (χ3v) is 7.16. The second kappa shape index (κ2) is 14.2. The SMILES string of the molecule is COc1cc(O)ccc1/C=C(/NC(=O)c1ccccc1)C(=O)Nc1cccc(SCC(=O)Nc2ccc(Br)cc2)c1. The fourth-order valence-electron chi connectivity index (χ4n) is 3.66. The maximum Gasteiger partial charge on any atom is 0.272 e. The molecule has 0 heterocycles. The van der Waals surface area contributed by atoms with Crippen LogP contribution in [0.25, 0.3) is 6.08 Å². The first-order valence-electron chi connectivity index (χ1n) is 12.4. The summed E-state index contributed by atoms with van der Waals surface area (Å²) in [4.78, 5) is 39.5. The van der Waals surface area contributed by atoms with Crippen LogP contribution in [0.15, 0.2) is 112 Å². The zero-order valence-electron chi connectivity index (χ0n) is 21.9. The van der Waals surface area contributed by atoms with E-state index < -0.39 is 11.8 Å². The van der Waals surface area contributed by atoms with E-state index in [0.717, 1.165) is 9.37 Å². The van der Waals surface area contributed by atoms with Gasteiger partial charge in [0.2, 0.25) is 5.91 Å². The van der Waals surface area contributed by atoms with E-state index in [-0.39, 0.29) is 23.1 Å². The summed E-state index contributed by atoms with van der Waals surface area (Å²) in [6.45, 7) is 0. The number of thioether (sulfide) groups is 1. The number of benzene rings is 4. The molecule has 0 aliphatic carbocycles. The topological polar surface area (TPSA) is 117 Å². The predicted octanol–water partition coefficient (Wildman–Crippen LogP) is 6.30. The van der Waals surface area contributed by atoms with E-state index in [1.807, 2.05) is 18.2 Å². The standard InChI is InChI=1S/C31H26BrN3O5S/c1-40-28-18-25(36)15-10-21(28)16-27(35-30(38)20-6-3-2-4-7-20)31(39)34-24-8-5-9-26(17-24)41-19-29(37)33-23-13-11-22(32)12-14-23/h2-18,36H,19H2,1H3,(H,33,37)(H,34,39)(H,35,38)/b27-16+. The molecule has 0 aliphatic rings. The molecule has 0 spiro atoms. The van der Waals surface area contributed by atoms with Gasteiger partial charge in [-0.25, -0.2) is 0 Å². The van der Waals surface area contributed by atoms with Gasteiger partial charge in [-0.3, -0.25) is 14.4 Å². The lowest BCUT2D eigenvalue weighted by molar-refractivity contribution is -0.114. The Morgan fingerprint density at radius 1 is 0.878 bits per heavy atom. The molecule has 0 aromatic heterocycles. The van der Waals surface area contributed by atoms with Gasteiger partial charge < -0.3 is 25.8 Å². The first-order valence-corrected chi connectivity index (χ1v) is 14.1. The van der Waals surface area contributed by atoms with Crippen molar-refractivity contribution in [2.45, 2.75) is 4.90 Å². The fraction of sp³-hybridized carbons (Fsp3) is 0.0645. The quantitative estimate of drug-likeness (QED) is 0.120. The number of carbonyl (C=O) groups excluding carboxylic acids is 3. The third-order valence-electron chi connectivity index (χ3n) is 5.64. The van der Waals surface area contributed by atoms with E-state index >= 15 is 0 Å². The van der Waals surface area contributed by atoms with Crippen molar-refractivity contribution in [1.82, 2.24) is 5.32 Å². The van der Waals surface area contributed by atoms with E-state index in [1.165, 1.54) is 37.1 Å². The molecule has 10 heteroatoms. The first-order chi connectivity index (χ1) is 19.8. The fourth-order valence-corrected chi connectivity index (χ4v) is 4.68. The molecule has 208 valence electrons. The summed E-state index contributed by atoms with van der Waals surface area (Å²) in [5, 5.41) is 18.1. The maximum atomic E-state index is 13.4. The summed E-state index contributed by atoms with van der Waals surface area (Å²) in [6.07, 6.45) is 1.47. The predicted molar refractivity (Wildman–Crippen MR) is 165 cm³/mol. The van der Waals surface area contributed by atoms with Crippen LogP contribution in [-0.2, 0) is 9.59 Å². The van der Waals surface area contributed by atoms with Crippen molar-refractivity contribution in [2.75, 3.05) is 23.5 Å². The van der Waals surface area contributed by atoms with Crippen molar-refractivity contribution in [3.8, 4) is 11.5 Å². The molecule has 4 aromatic carbocycles. The average molecular weight is 633 g/mol. The number of halogens is 1. The minimum atomic E-state index is -0.570. The number of phenolic OH excluding ortho intramolecular Hbond substituents is 1. The molecule has 4 rings (SSSR count). The number of carbonyl (C=O) groups is 3. The van der Waals surface area contributed by atoms with E-state index in [4.69, 9.17) is 4.74 Å². The van der Waals surface area contributed by atoms with Crippen molar-refractivity contribution < 1.29 is 24.2 Å². The van der Waals surface area contributed by atoms with Crippen LogP contribution in [0.3, 0.4) is 0 Å². The van der Waals surface area contributed by atoms with Gasteiger partial charge in [-0.1, -0.05) is 40.2 Å². The second-order valence-corrected chi connectivity index (χ2v) is 10.6. The lowest BCUT2D eigenvalue weighted by Crippen LogP contribution is -2.30. The minimum absolute atomic E-state index is 0.00170. The molecule has 0 aliphatic heterocycles. The molecular formula is C31H26BrN3O5S. The number of anilines is 2. The highest BCUT2D eigenvalue weighted by Gasteiger charge is 2.17. The lowest BCUT2D eigenvalue weighted by Gasteiger charge is -2.13. The van der Waals surface area contributed by atoms with Gasteiger partial charge in [-0.2, -0.15) is 0 Å². The van der Waals surface area contributed by atoms with Crippen LogP contribution in [0.4, 0.5) is 11.4 Å². The molecule has 0 bridgehead atoms. The molecule has 0 unspecified atom stereocenters. The molecule has 8 nitrogen and oxygen atoms in total. The number of aromatic hydroxyl groups is 1. The van der Waals surface area contributed by atoms with Crippen LogP contribution in [-0.4, -0.2) is 35.7 Å². The first kappa shape index (κ1) is 29.4. The second-order valence-electron chi connectivity index (χ2n) is 8.63. The highest BCUT2D eigenvalue weighted by Crippen LogP contribution is 2.27. The van der Waals surface area contributed by atoms with Crippen LogP contribution < -0.4 is 20.7 Å². The van der Waals surface area contributed by atoms with E-state index in [0.29, 0.717) is 28.3 Å². The number of ether oxygens (including phenoxy) is 1. The molecule has 3 amide bonds. The Bertz CT molecular complexity index is 1580. The zero-order valence-corrected chi connectivity index (χ0v) is 24.3. The minimum Gasteiger partial charge on any atom is -0.508 e. The van der Waals surface area contributed by atoms with Crippen molar-refractivity contribution >= 4 is 62.9 Å². The molecule has 4 N–H and O–H groups in total. The molecule has 0 radical (unpaired) electrons. The number of hydrogen-bond donors (Lipinski definition) is 4. The number of methoxy groups -OCH3 is 1. The van der Waals surface area contributed by atoms with Crippen LogP contribution in [0.5, 0.6) is 11.5 Å². The molecule has 4 aromatic rings. The number of amides is 3. The van der Waals surface area contributed by atoms with Gasteiger partial charge in [0.25, 0.3) is 11.8 Å². The Kier molecular flexibility index (Phi) is 10.2. The Hall–Kier alpha value is -4.54. The summed E-state index contributed by atoms with van der Waals surface area (Å²) in [7, 11) is 1.44. The van der Waals surface area contributed by atoms with Crippen molar-refractivity contribution in [3.63, 3.8) is 0 Å².